The van der Waals surface area contributed by atoms with Gasteiger partial charge in [0.15, 0.2) is 5.82 Å². The van der Waals surface area contributed by atoms with Crippen molar-refractivity contribution in [2.24, 2.45) is 5.73 Å². The summed E-state index contributed by atoms with van der Waals surface area (Å²) in [5, 5.41) is 7.36. The van der Waals surface area contributed by atoms with Crippen LogP contribution in [-0.4, -0.2) is 20.2 Å². The lowest BCUT2D eigenvalue weighted by Crippen LogP contribution is -2.06. The minimum Gasteiger partial charge on any atom is -0.326 e. The largest absolute Gasteiger partial charge is 0.326 e. The summed E-state index contributed by atoms with van der Waals surface area (Å²) in [5.74, 6) is 2.24. The normalized spacial score (nSPS) is 16.7. The summed E-state index contributed by atoms with van der Waals surface area (Å²) in [4.78, 5) is 8.95. The molecule has 1 aliphatic carbocycles. The summed E-state index contributed by atoms with van der Waals surface area (Å²) in [5.41, 5.74) is 7.38. The van der Waals surface area contributed by atoms with Gasteiger partial charge in [-0.25, -0.2) is 4.98 Å². The number of rotatable bonds is 3. The van der Waals surface area contributed by atoms with Gasteiger partial charge in [0.25, 0.3) is 0 Å². The maximum atomic E-state index is 5.56. The van der Waals surface area contributed by atoms with Crippen molar-refractivity contribution >= 4 is 0 Å². The molecule has 2 heterocycles. The van der Waals surface area contributed by atoms with Gasteiger partial charge in [-0.2, -0.15) is 5.10 Å². The Morgan fingerprint density at radius 3 is 2.74 bits per heavy atom. The van der Waals surface area contributed by atoms with Crippen molar-refractivity contribution in [3.8, 4) is 11.5 Å². The van der Waals surface area contributed by atoms with Gasteiger partial charge in [0, 0.05) is 18.7 Å². The second-order valence-corrected chi connectivity index (χ2v) is 5.14. The van der Waals surface area contributed by atoms with Gasteiger partial charge in [-0.3, -0.25) is 10.1 Å². The summed E-state index contributed by atoms with van der Waals surface area (Å²) in [7, 11) is 0. The molecule has 5 nitrogen and oxygen atoms in total. The molecule has 0 spiro atoms. The standard InChI is InChI=1S/C14H19N5/c15-8-10-6-7-12(16-9-10)14-17-13(18-19-14)11-4-2-1-3-5-11/h6-7,9,11H,1-5,8,15H2,(H,17,18,19). The SMILES string of the molecule is NCc1ccc(-c2n[nH]c(C3CCCCC3)n2)nc1. The number of nitrogens with one attached hydrogen (secondary N) is 1. The molecule has 3 N–H and O–H groups in total. The number of H-pyrrole nitrogens is 1. The van der Waals surface area contributed by atoms with Crippen LogP contribution >= 0.6 is 0 Å². The van der Waals surface area contributed by atoms with Crippen molar-refractivity contribution in [2.75, 3.05) is 0 Å². The Balaban J connectivity index is 1.79. The van der Waals surface area contributed by atoms with Crippen molar-refractivity contribution in [3.05, 3.63) is 29.7 Å². The number of hydrogen-bond donors (Lipinski definition) is 2. The van der Waals surface area contributed by atoms with Gasteiger partial charge in [0.05, 0.1) is 0 Å². The van der Waals surface area contributed by atoms with E-state index in [1.807, 2.05) is 12.1 Å². The lowest BCUT2D eigenvalue weighted by atomic mass is 9.89. The van der Waals surface area contributed by atoms with Gasteiger partial charge in [-0.15, -0.1) is 0 Å². The van der Waals surface area contributed by atoms with Crippen LogP contribution in [0.2, 0.25) is 0 Å². The number of aromatic nitrogens is 4. The van der Waals surface area contributed by atoms with Crippen molar-refractivity contribution < 1.29 is 0 Å². The molecular weight excluding hydrogens is 238 g/mol. The molecule has 3 rings (SSSR count). The first-order chi connectivity index (χ1) is 9.36. The molecule has 2 aromatic rings. The fraction of sp³-hybridized carbons (Fsp3) is 0.500. The van der Waals surface area contributed by atoms with Gasteiger partial charge in [0.1, 0.15) is 11.5 Å². The first kappa shape index (κ1) is 12.3. The lowest BCUT2D eigenvalue weighted by Gasteiger charge is -2.18. The summed E-state index contributed by atoms with van der Waals surface area (Å²) in [6.07, 6.45) is 8.15. The van der Waals surface area contributed by atoms with E-state index in [1.54, 1.807) is 6.20 Å². The zero-order valence-corrected chi connectivity index (χ0v) is 11.0. The predicted molar refractivity (Wildman–Crippen MR) is 73.3 cm³/mol. The van der Waals surface area contributed by atoms with E-state index in [4.69, 9.17) is 5.73 Å². The van der Waals surface area contributed by atoms with Crippen molar-refractivity contribution in [1.29, 1.82) is 0 Å². The lowest BCUT2D eigenvalue weighted by molar-refractivity contribution is 0.429. The van der Waals surface area contributed by atoms with Gasteiger partial charge in [0.2, 0.25) is 0 Å². The van der Waals surface area contributed by atoms with Crippen molar-refractivity contribution in [2.45, 2.75) is 44.6 Å². The zero-order valence-electron chi connectivity index (χ0n) is 11.0. The highest BCUT2D eigenvalue weighted by Gasteiger charge is 2.19. The fourth-order valence-electron chi connectivity index (χ4n) is 2.62. The Kier molecular flexibility index (Phi) is 3.55. The number of aromatic amines is 1. The molecule has 0 amide bonds. The third-order valence-electron chi connectivity index (χ3n) is 3.78. The Hall–Kier alpha value is -1.75. The van der Waals surface area contributed by atoms with Crippen LogP contribution in [0.3, 0.4) is 0 Å². The molecule has 5 heteroatoms. The van der Waals surface area contributed by atoms with E-state index >= 15 is 0 Å². The highest BCUT2D eigenvalue weighted by molar-refractivity contribution is 5.48. The second kappa shape index (κ2) is 5.48. The summed E-state index contributed by atoms with van der Waals surface area (Å²) < 4.78 is 0. The minimum atomic E-state index is 0.509. The smallest absolute Gasteiger partial charge is 0.199 e. The van der Waals surface area contributed by atoms with Crippen LogP contribution in [0.1, 0.15) is 49.4 Å². The van der Waals surface area contributed by atoms with Crippen LogP contribution in [-0.2, 0) is 6.54 Å². The van der Waals surface area contributed by atoms with Crippen LogP contribution < -0.4 is 5.73 Å². The molecular formula is C14H19N5. The highest BCUT2D eigenvalue weighted by Crippen LogP contribution is 2.31. The molecule has 0 aromatic carbocycles. The minimum absolute atomic E-state index is 0.509. The van der Waals surface area contributed by atoms with E-state index in [2.05, 4.69) is 20.2 Å². The number of nitrogens with zero attached hydrogens (tertiary/aromatic N) is 3. The molecule has 1 fully saturated rings. The Morgan fingerprint density at radius 2 is 2.05 bits per heavy atom. The summed E-state index contributed by atoms with van der Waals surface area (Å²) in [6, 6.07) is 3.90. The quantitative estimate of drug-likeness (QED) is 0.884. The van der Waals surface area contributed by atoms with Gasteiger partial charge in [-0.1, -0.05) is 25.3 Å². The molecule has 0 unspecified atom stereocenters. The average molecular weight is 257 g/mol. The third-order valence-corrected chi connectivity index (χ3v) is 3.78. The molecule has 1 saturated carbocycles. The second-order valence-electron chi connectivity index (χ2n) is 5.14. The summed E-state index contributed by atoms with van der Waals surface area (Å²) >= 11 is 0. The van der Waals surface area contributed by atoms with E-state index < -0.39 is 0 Å². The van der Waals surface area contributed by atoms with E-state index in [0.717, 1.165) is 17.1 Å². The molecule has 0 radical (unpaired) electrons. The highest BCUT2D eigenvalue weighted by atomic mass is 15.2. The van der Waals surface area contributed by atoms with Crippen LogP contribution in [0.15, 0.2) is 18.3 Å². The van der Waals surface area contributed by atoms with Crippen LogP contribution in [0, 0.1) is 0 Å². The zero-order chi connectivity index (χ0) is 13.1. The average Bonchev–Trinajstić information content (AvgIpc) is 2.98. The van der Waals surface area contributed by atoms with Crippen molar-refractivity contribution in [3.63, 3.8) is 0 Å². The number of hydrogen-bond acceptors (Lipinski definition) is 4. The van der Waals surface area contributed by atoms with E-state index in [9.17, 15) is 0 Å². The fourth-order valence-corrected chi connectivity index (χ4v) is 2.62. The van der Waals surface area contributed by atoms with Crippen molar-refractivity contribution in [1.82, 2.24) is 20.2 Å². The first-order valence-electron chi connectivity index (χ1n) is 6.94. The van der Waals surface area contributed by atoms with Crippen LogP contribution in [0.4, 0.5) is 0 Å². The van der Waals surface area contributed by atoms with Gasteiger partial charge < -0.3 is 5.73 Å². The molecule has 0 atom stereocenters. The molecule has 0 saturated heterocycles. The Bertz CT molecular complexity index is 525. The molecule has 0 bridgehead atoms. The Morgan fingerprint density at radius 1 is 1.21 bits per heavy atom. The number of nitrogens with two attached hydrogens (primary N) is 1. The molecule has 1 aliphatic rings. The molecule has 100 valence electrons. The van der Waals surface area contributed by atoms with E-state index in [1.165, 1.54) is 32.1 Å². The molecule has 19 heavy (non-hydrogen) atoms. The monoisotopic (exact) mass is 257 g/mol. The first-order valence-corrected chi connectivity index (χ1v) is 6.94. The van der Waals surface area contributed by atoms with Crippen LogP contribution in [0.25, 0.3) is 11.5 Å². The number of pyridine rings is 1. The predicted octanol–water partition coefficient (Wildman–Crippen LogP) is 2.37. The maximum absolute atomic E-state index is 5.56. The van der Waals surface area contributed by atoms with E-state index in [0.29, 0.717) is 18.3 Å². The third kappa shape index (κ3) is 2.66. The van der Waals surface area contributed by atoms with Gasteiger partial charge >= 0.3 is 0 Å². The summed E-state index contributed by atoms with van der Waals surface area (Å²) in [6.45, 7) is 0.509. The van der Waals surface area contributed by atoms with E-state index in [-0.39, 0.29) is 0 Å². The van der Waals surface area contributed by atoms with Gasteiger partial charge in [-0.05, 0) is 24.5 Å². The van der Waals surface area contributed by atoms with Crippen LogP contribution in [0.5, 0.6) is 0 Å². The maximum Gasteiger partial charge on any atom is 0.199 e. The molecule has 2 aromatic heterocycles. The molecule has 0 aliphatic heterocycles. The Labute approximate surface area is 112 Å². The topological polar surface area (TPSA) is 80.5 Å².